The number of aliphatic hydroxyl groups excluding tert-OH is 3. The van der Waals surface area contributed by atoms with Crippen molar-refractivity contribution in [3.63, 3.8) is 0 Å². The van der Waals surface area contributed by atoms with Gasteiger partial charge in [0.2, 0.25) is 12.6 Å². The quantitative estimate of drug-likeness (QED) is 0.315. The van der Waals surface area contributed by atoms with Crippen molar-refractivity contribution in [2.75, 3.05) is 6.79 Å². The van der Waals surface area contributed by atoms with Crippen LogP contribution in [0.3, 0.4) is 0 Å². The highest BCUT2D eigenvalue weighted by atomic mass is 16.7. The molecule has 0 aromatic heterocycles. The molecule has 7 N–H and O–H groups in total. The second-order valence-corrected chi connectivity index (χ2v) is 9.98. The van der Waals surface area contributed by atoms with Gasteiger partial charge in [0.15, 0.2) is 22.9 Å². The van der Waals surface area contributed by atoms with Gasteiger partial charge in [-0.2, -0.15) is 0 Å². The largest absolute Gasteiger partial charge is 0.511 e. The van der Waals surface area contributed by atoms with E-state index in [-0.39, 0.29) is 17.9 Å². The molecule has 1 heterocycles. The minimum atomic E-state index is -2.88. The van der Waals surface area contributed by atoms with Crippen LogP contribution in [0.1, 0.15) is 35.2 Å². The molecule has 2 aromatic carbocycles. The summed E-state index contributed by atoms with van der Waals surface area (Å²) in [7, 11) is 0. The number of primary amides is 1. The van der Waals surface area contributed by atoms with Gasteiger partial charge in [-0.25, -0.2) is 0 Å². The Kier molecular flexibility index (Phi) is 4.94. The molecule has 0 bridgehead atoms. The first-order chi connectivity index (χ1) is 18.0. The minimum absolute atomic E-state index is 0.0508. The predicted octanol–water partition coefficient (Wildman–Crippen LogP) is 1.51. The summed E-state index contributed by atoms with van der Waals surface area (Å²) in [5.41, 5.74) is 2.02. The van der Waals surface area contributed by atoms with Crippen LogP contribution in [-0.2, 0) is 9.59 Å². The second kappa shape index (κ2) is 7.83. The molecule has 0 saturated carbocycles. The average molecular weight is 521 g/mol. The smallest absolute Gasteiger partial charge is 0.255 e. The lowest BCUT2D eigenvalue weighted by atomic mass is 9.56. The topological polar surface area (TPSA) is 197 Å². The van der Waals surface area contributed by atoms with E-state index in [1.165, 1.54) is 0 Å². The van der Waals surface area contributed by atoms with E-state index in [4.69, 9.17) is 15.2 Å². The molecule has 11 heteroatoms. The number of rotatable bonds is 2. The van der Waals surface area contributed by atoms with E-state index in [1.54, 1.807) is 37.3 Å². The molecule has 196 valence electrons. The number of amides is 1. The maximum Gasteiger partial charge on any atom is 0.255 e. The molecule has 0 fully saturated rings. The average Bonchev–Trinajstić information content (AvgIpc) is 3.34. The van der Waals surface area contributed by atoms with Crippen LogP contribution in [0.15, 0.2) is 53.0 Å². The number of Topliss-reactive ketones (excluding diaryl/α,β-unsaturated/α-hetero) is 2. The molecule has 0 spiro atoms. The van der Waals surface area contributed by atoms with E-state index in [1.807, 2.05) is 0 Å². The second-order valence-electron chi connectivity index (χ2n) is 9.98. The Morgan fingerprint density at radius 1 is 1.08 bits per heavy atom. The Bertz CT molecular complexity index is 1540. The van der Waals surface area contributed by atoms with Crippen LogP contribution in [0.5, 0.6) is 17.2 Å². The van der Waals surface area contributed by atoms with E-state index >= 15 is 0 Å². The number of carbonyl (C=O) groups is 3. The summed E-state index contributed by atoms with van der Waals surface area (Å²) in [5.74, 6) is -7.98. The highest BCUT2D eigenvalue weighted by Gasteiger charge is 2.64. The molecule has 1 aliphatic heterocycles. The fraction of sp³-hybridized carbons (Fsp3) is 0.296. The first-order valence-electron chi connectivity index (χ1n) is 11.9. The summed E-state index contributed by atoms with van der Waals surface area (Å²) in [6.07, 6.45) is -2.10. The Balaban J connectivity index is 1.53. The van der Waals surface area contributed by atoms with Crippen molar-refractivity contribution >= 4 is 17.5 Å². The van der Waals surface area contributed by atoms with Crippen molar-refractivity contribution in [3.05, 3.63) is 64.1 Å². The van der Waals surface area contributed by atoms with Gasteiger partial charge in [-0.3, -0.25) is 14.4 Å². The zero-order valence-electron chi connectivity index (χ0n) is 20.0. The first-order valence-corrected chi connectivity index (χ1v) is 11.9. The zero-order valence-corrected chi connectivity index (χ0v) is 20.0. The number of carbonyl (C=O) groups excluding carboxylic acids is 3. The third kappa shape index (κ3) is 2.88. The summed E-state index contributed by atoms with van der Waals surface area (Å²) in [4.78, 5) is 38.8. The summed E-state index contributed by atoms with van der Waals surface area (Å²) >= 11 is 0. The molecule has 38 heavy (non-hydrogen) atoms. The van der Waals surface area contributed by atoms with Crippen LogP contribution in [0.25, 0.3) is 11.1 Å². The van der Waals surface area contributed by atoms with Crippen molar-refractivity contribution in [1.29, 1.82) is 0 Å². The van der Waals surface area contributed by atoms with Crippen molar-refractivity contribution in [1.82, 2.24) is 0 Å². The normalized spacial score (nSPS) is 29.7. The number of phenols is 1. The van der Waals surface area contributed by atoms with Gasteiger partial charge in [-0.05, 0) is 29.2 Å². The van der Waals surface area contributed by atoms with Crippen molar-refractivity contribution in [3.8, 4) is 28.4 Å². The molecule has 3 aliphatic carbocycles. The van der Waals surface area contributed by atoms with E-state index in [0.29, 0.717) is 22.6 Å². The number of hydrogen-bond acceptors (Lipinski definition) is 10. The summed E-state index contributed by atoms with van der Waals surface area (Å²) in [6.45, 7) is 1.72. The van der Waals surface area contributed by atoms with Crippen molar-refractivity contribution < 1.29 is 49.4 Å². The van der Waals surface area contributed by atoms with Gasteiger partial charge >= 0.3 is 0 Å². The summed E-state index contributed by atoms with van der Waals surface area (Å²) < 4.78 is 10.7. The number of hydrogen-bond donors (Lipinski definition) is 6. The molecule has 4 aliphatic rings. The van der Waals surface area contributed by atoms with Crippen molar-refractivity contribution in [2.45, 2.75) is 31.0 Å². The van der Waals surface area contributed by atoms with Gasteiger partial charge in [0, 0.05) is 29.4 Å². The molecular weight excluding hydrogens is 498 g/mol. The van der Waals surface area contributed by atoms with Crippen LogP contribution in [0, 0.1) is 11.8 Å². The van der Waals surface area contributed by atoms with Gasteiger partial charge < -0.3 is 40.7 Å². The van der Waals surface area contributed by atoms with Crippen LogP contribution in [0.2, 0.25) is 0 Å². The van der Waals surface area contributed by atoms with Crippen LogP contribution in [-0.4, -0.2) is 61.5 Å². The monoisotopic (exact) mass is 521 g/mol. The Morgan fingerprint density at radius 2 is 1.79 bits per heavy atom. The zero-order chi connectivity index (χ0) is 27.3. The Morgan fingerprint density at radius 3 is 2.50 bits per heavy atom. The Labute approximate surface area is 215 Å². The van der Waals surface area contributed by atoms with Crippen LogP contribution < -0.4 is 15.2 Å². The molecule has 0 saturated heterocycles. The standard InChI is InChI=1S/C27H23NO10/c1-9-11-3-4-12(10-2-5-15-16(6-10)38-8-37-15)21(30)18(11)23(32)20-17(9)22(31)13-7-14(29)19(26(28)35)24(33)27(13,36)25(20)34/h2-6,9,13,17,22,29-31,34,36H,7-8H2,1H3,(H2,28,35)/t9-,13+,17+,22+,27+/m0/s1. The number of ketones is 2. The van der Waals surface area contributed by atoms with Crippen LogP contribution in [0.4, 0.5) is 0 Å². The van der Waals surface area contributed by atoms with E-state index < -0.39 is 81.8 Å². The third-order valence-corrected chi connectivity index (χ3v) is 8.18. The third-order valence-electron chi connectivity index (χ3n) is 8.18. The SMILES string of the molecule is C[C@H]1c2ccc(-c3ccc4c(c3)OCO4)c(O)c2C(=O)C2=C(O)[C@]3(O)C(=O)C(C(N)=O)=C(O)C[C@@H]3[C@@H](O)[C@@H]21. The van der Waals surface area contributed by atoms with E-state index in [2.05, 4.69) is 0 Å². The molecule has 11 nitrogen and oxygen atoms in total. The highest BCUT2D eigenvalue weighted by molar-refractivity contribution is 6.24. The van der Waals surface area contributed by atoms with Crippen LogP contribution >= 0.6 is 0 Å². The van der Waals surface area contributed by atoms with Gasteiger partial charge in [-0.15, -0.1) is 0 Å². The number of aliphatic hydroxyl groups is 4. The molecule has 1 amide bonds. The minimum Gasteiger partial charge on any atom is -0.511 e. The molecule has 0 radical (unpaired) electrons. The summed E-state index contributed by atoms with van der Waals surface area (Å²) in [5, 5.41) is 55.5. The lowest BCUT2D eigenvalue weighted by molar-refractivity contribution is -0.154. The molecule has 0 unspecified atom stereocenters. The lowest BCUT2D eigenvalue weighted by Crippen LogP contribution is -2.62. The fourth-order valence-electron chi connectivity index (χ4n) is 6.29. The molecule has 2 aromatic rings. The lowest BCUT2D eigenvalue weighted by Gasteiger charge is -2.50. The first kappa shape index (κ1) is 24.0. The highest BCUT2D eigenvalue weighted by Crippen LogP contribution is 2.55. The van der Waals surface area contributed by atoms with E-state index in [9.17, 15) is 39.9 Å². The molecule has 6 rings (SSSR count). The number of ether oxygens (including phenoxy) is 2. The maximum atomic E-state index is 13.8. The number of allylic oxidation sites excluding steroid dienone is 1. The number of aromatic hydroxyl groups is 1. The van der Waals surface area contributed by atoms with Gasteiger partial charge in [-0.1, -0.05) is 25.1 Å². The Hall–Kier alpha value is -4.35. The fourth-order valence-corrected chi connectivity index (χ4v) is 6.29. The molecule has 5 atom stereocenters. The van der Waals surface area contributed by atoms with Crippen molar-refractivity contribution in [2.24, 2.45) is 17.6 Å². The van der Waals surface area contributed by atoms with Gasteiger partial charge in [0.05, 0.1) is 11.7 Å². The molecular formula is C27H23NO10. The summed E-state index contributed by atoms with van der Waals surface area (Å²) in [6, 6.07) is 8.23. The van der Waals surface area contributed by atoms with Gasteiger partial charge in [0.1, 0.15) is 22.8 Å². The number of benzene rings is 2. The number of phenolic OH excluding ortho intramolecular Hbond substituents is 1. The predicted molar refractivity (Wildman–Crippen MR) is 128 cm³/mol. The van der Waals surface area contributed by atoms with Gasteiger partial charge in [0.25, 0.3) is 5.91 Å². The number of nitrogens with two attached hydrogens (primary N) is 1. The van der Waals surface area contributed by atoms with E-state index in [0.717, 1.165) is 0 Å². The number of fused-ring (bicyclic) bond motifs is 4. The maximum absolute atomic E-state index is 13.8.